The lowest BCUT2D eigenvalue weighted by atomic mass is 9.67. The predicted molar refractivity (Wildman–Crippen MR) is 88.0 cm³/mol. The Hall–Kier alpha value is -0.0800. The van der Waals surface area contributed by atoms with Gasteiger partial charge in [0.15, 0.2) is 0 Å². The van der Waals surface area contributed by atoms with E-state index in [1.807, 2.05) is 0 Å². The summed E-state index contributed by atoms with van der Waals surface area (Å²) >= 11 is 0. The highest BCUT2D eigenvalue weighted by molar-refractivity contribution is 4.90. The highest BCUT2D eigenvalue weighted by Gasteiger charge is 2.36. The molecule has 1 N–H and O–H groups in total. The van der Waals surface area contributed by atoms with Gasteiger partial charge in [-0.1, -0.05) is 27.7 Å². The molecular weight excluding hydrogens is 244 g/mol. The first kappa shape index (κ1) is 16.3. The van der Waals surface area contributed by atoms with Crippen molar-refractivity contribution in [3.63, 3.8) is 0 Å². The fourth-order valence-corrected chi connectivity index (χ4v) is 4.42. The van der Waals surface area contributed by atoms with Gasteiger partial charge in [0, 0.05) is 19.1 Å². The second-order valence-electron chi connectivity index (χ2n) is 8.54. The van der Waals surface area contributed by atoms with Crippen LogP contribution in [0.2, 0.25) is 0 Å². The normalized spacial score (nSPS) is 37.0. The van der Waals surface area contributed by atoms with Gasteiger partial charge in [-0.15, -0.1) is 0 Å². The molecule has 1 aliphatic carbocycles. The minimum absolute atomic E-state index is 0.478. The molecule has 0 radical (unpaired) electrons. The summed E-state index contributed by atoms with van der Waals surface area (Å²) in [6, 6.07) is 0.742. The Kier molecular flexibility index (Phi) is 5.53. The Morgan fingerprint density at radius 3 is 2.50 bits per heavy atom. The fourth-order valence-electron chi connectivity index (χ4n) is 4.42. The van der Waals surface area contributed by atoms with Crippen molar-refractivity contribution in [1.82, 2.24) is 10.2 Å². The van der Waals surface area contributed by atoms with Crippen LogP contribution in [0, 0.1) is 23.2 Å². The van der Waals surface area contributed by atoms with Gasteiger partial charge in [-0.05, 0) is 68.9 Å². The number of nitrogens with one attached hydrogen (secondary N) is 1. The Morgan fingerprint density at radius 2 is 1.90 bits per heavy atom. The Morgan fingerprint density at radius 1 is 1.15 bits per heavy atom. The smallest absolute Gasteiger partial charge is 0.0105 e. The zero-order valence-electron chi connectivity index (χ0n) is 14.4. The molecule has 1 saturated carbocycles. The number of nitrogens with zero attached hydrogens (tertiary/aromatic N) is 1. The predicted octanol–water partition coefficient (Wildman–Crippen LogP) is 3.77. The molecule has 0 amide bonds. The Labute approximate surface area is 126 Å². The monoisotopic (exact) mass is 280 g/mol. The van der Waals surface area contributed by atoms with E-state index in [4.69, 9.17) is 0 Å². The largest absolute Gasteiger partial charge is 0.317 e. The van der Waals surface area contributed by atoms with Gasteiger partial charge in [0.1, 0.15) is 0 Å². The molecule has 118 valence electrons. The summed E-state index contributed by atoms with van der Waals surface area (Å²) in [4.78, 5) is 2.74. The third-order valence-corrected chi connectivity index (χ3v) is 5.81. The van der Waals surface area contributed by atoms with E-state index in [-0.39, 0.29) is 0 Å². The molecule has 0 bridgehead atoms. The molecule has 0 aromatic heterocycles. The summed E-state index contributed by atoms with van der Waals surface area (Å²) in [6.45, 7) is 13.7. The zero-order valence-corrected chi connectivity index (χ0v) is 14.4. The van der Waals surface area contributed by atoms with Crippen LogP contribution in [0.5, 0.6) is 0 Å². The number of hydrogen-bond acceptors (Lipinski definition) is 2. The third-order valence-electron chi connectivity index (χ3n) is 5.81. The molecule has 4 unspecified atom stereocenters. The molecule has 4 atom stereocenters. The van der Waals surface area contributed by atoms with Crippen LogP contribution in [-0.2, 0) is 0 Å². The molecular formula is C18H36N2. The van der Waals surface area contributed by atoms with Crippen LogP contribution in [0.4, 0.5) is 0 Å². The molecule has 0 aromatic rings. The summed E-state index contributed by atoms with van der Waals surface area (Å²) in [5.41, 5.74) is 0.478. The van der Waals surface area contributed by atoms with Crippen molar-refractivity contribution >= 4 is 0 Å². The molecule has 0 spiro atoms. The second-order valence-corrected chi connectivity index (χ2v) is 8.54. The van der Waals surface area contributed by atoms with Crippen LogP contribution >= 0.6 is 0 Å². The van der Waals surface area contributed by atoms with Gasteiger partial charge >= 0.3 is 0 Å². The van der Waals surface area contributed by atoms with E-state index in [9.17, 15) is 0 Å². The standard InChI is InChI=1S/C18H36N2/c1-14-7-6-10-20(12-14)13-15-11-16(18(2,3)4)8-9-17(15)19-5/h14-17,19H,6-13H2,1-5H3. The lowest BCUT2D eigenvalue weighted by Gasteiger charge is -2.44. The lowest BCUT2D eigenvalue weighted by Crippen LogP contribution is -2.48. The van der Waals surface area contributed by atoms with Gasteiger partial charge in [0.2, 0.25) is 0 Å². The van der Waals surface area contributed by atoms with Crippen molar-refractivity contribution in [2.24, 2.45) is 23.2 Å². The number of hydrogen-bond donors (Lipinski definition) is 1. The summed E-state index contributed by atoms with van der Waals surface area (Å²) < 4.78 is 0. The number of likely N-dealkylation sites (tertiary alicyclic amines) is 1. The molecule has 0 aromatic carbocycles. The maximum atomic E-state index is 3.60. The van der Waals surface area contributed by atoms with E-state index in [2.05, 4.69) is 45.0 Å². The first-order valence-corrected chi connectivity index (χ1v) is 8.79. The molecule has 2 fully saturated rings. The van der Waals surface area contributed by atoms with Gasteiger partial charge < -0.3 is 10.2 Å². The fraction of sp³-hybridized carbons (Fsp3) is 1.00. The maximum Gasteiger partial charge on any atom is 0.0105 e. The second kappa shape index (κ2) is 6.79. The van der Waals surface area contributed by atoms with Crippen LogP contribution in [0.15, 0.2) is 0 Å². The Bertz CT molecular complexity index is 294. The van der Waals surface area contributed by atoms with Gasteiger partial charge in [0.25, 0.3) is 0 Å². The van der Waals surface area contributed by atoms with Crippen molar-refractivity contribution in [3.05, 3.63) is 0 Å². The van der Waals surface area contributed by atoms with E-state index in [0.29, 0.717) is 5.41 Å². The number of rotatable bonds is 3. The first-order valence-electron chi connectivity index (χ1n) is 8.79. The van der Waals surface area contributed by atoms with Crippen molar-refractivity contribution in [3.8, 4) is 0 Å². The summed E-state index contributed by atoms with van der Waals surface area (Å²) in [5.74, 6) is 2.65. The molecule has 2 nitrogen and oxygen atoms in total. The maximum absolute atomic E-state index is 3.60. The summed E-state index contributed by atoms with van der Waals surface area (Å²) in [6.07, 6.45) is 7.02. The van der Waals surface area contributed by atoms with Crippen LogP contribution in [0.1, 0.15) is 59.8 Å². The van der Waals surface area contributed by atoms with Gasteiger partial charge in [-0.2, -0.15) is 0 Å². The highest BCUT2D eigenvalue weighted by atomic mass is 15.1. The quantitative estimate of drug-likeness (QED) is 0.846. The highest BCUT2D eigenvalue weighted by Crippen LogP contribution is 2.40. The van der Waals surface area contributed by atoms with E-state index < -0.39 is 0 Å². The van der Waals surface area contributed by atoms with Crippen LogP contribution in [0.25, 0.3) is 0 Å². The van der Waals surface area contributed by atoms with Crippen LogP contribution in [0.3, 0.4) is 0 Å². The SMILES string of the molecule is CNC1CCC(C(C)(C)C)CC1CN1CCCC(C)C1. The summed E-state index contributed by atoms with van der Waals surface area (Å²) in [5, 5.41) is 3.60. The minimum Gasteiger partial charge on any atom is -0.317 e. The third kappa shape index (κ3) is 4.21. The van der Waals surface area contributed by atoms with Crippen molar-refractivity contribution < 1.29 is 0 Å². The van der Waals surface area contributed by atoms with Gasteiger partial charge in [-0.3, -0.25) is 0 Å². The Balaban J connectivity index is 1.94. The topological polar surface area (TPSA) is 15.3 Å². The molecule has 2 heteroatoms. The van der Waals surface area contributed by atoms with E-state index in [1.165, 1.54) is 51.7 Å². The number of piperidine rings is 1. The first-order chi connectivity index (χ1) is 9.40. The molecule has 2 aliphatic rings. The van der Waals surface area contributed by atoms with Gasteiger partial charge in [0.05, 0.1) is 0 Å². The van der Waals surface area contributed by atoms with Crippen molar-refractivity contribution in [2.75, 3.05) is 26.7 Å². The molecule has 1 heterocycles. The van der Waals surface area contributed by atoms with Gasteiger partial charge in [-0.25, -0.2) is 0 Å². The van der Waals surface area contributed by atoms with E-state index in [0.717, 1.165) is 23.8 Å². The minimum atomic E-state index is 0.478. The van der Waals surface area contributed by atoms with E-state index in [1.54, 1.807) is 0 Å². The average Bonchev–Trinajstić information content (AvgIpc) is 2.37. The molecule has 1 aliphatic heterocycles. The van der Waals surface area contributed by atoms with Crippen LogP contribution in [-0.4, -0.2) is 37.6 Å². The average molecular weight is 280 g/mol. The molecule has 2 rings (SSSR count). The van der Waals surface area contributed by atoms with Crippen molar-refractivity contribution in [1.29, 1.82) is 0 Å². The molecule has 1 saturated heterocycles. The molecule has 20 heavy (non-hydrogen) atoms. The summed E-state index contributed by atoms with van der Waals surface area (Å²) in [7, 11) is 2.16. The lowest BCUT2D eigenvalue weighted by molar-refractivity contribution is 0.0758. The van der Waals surface area contributed by atoms with Crippen LogP contribution < -0.4 is 5.32 Å². The van der Waals surface area contributed by atoms with Crippen molar-refractivity contribution in [2.45, 2.75) is 65.8 Å². The zero-order chi connectivity index (χ0) is 14.8. The van der Waals surface area contributed by atoms with E-state index >= 15 is 0 Å².